The van der Waals surface area contributed by atoms with Gasteiger partial charge in [-0.25, -0.2) is 9.78 Å². The average molecular weight is 489 g/mol. The number of carbonyl (C=O) groups is 1. The van der Waals surface area contributed by atoms with E-state index in [1.165, 1.54) is 0 Å². The fourth-order valence-electron chi connectivity index (χ4n) is 4.50. The Morgan fingerprint density at radius 1 is 1.11 bits per heavy atom. The van der Waals surface area contributed by atoms with Gasteiger partial charge in [0.05, 0.1) is 23.0 Å². The third-order valence-corrected chi connectivity index (χ3v) is 6.29. The number of anilines is 1. The van der Waals surface area contributed by atoms with Crippen molar-refractivity contribution in [1.29, 1.82) is 5.26 Å². The molecule has 37 heavy (non-hydrogen) atoms. The maximum atomic E-state index is 11.7. The highest BCUT2D eigenvalue weighted by atomic mass is 16.4. The van der Waals surface area contributed by atoms with Gasteiger partial charge in [-0.05, 0) is 55.3 Å². The molecule has 0 aliphatic carbocycles. The van der Waals surface area contributed by atoms with Gasteiger partial charge in [-0.15, -0.1) is 0 Å². The molecule has 5 aromatic rings. The number of carboxylic acid groups (broad SMARTS) is 1. The van der Waals surface area contributed by atoms with E-state index in [9.17, 15) is 15.2 Å². The number of aromatic carboxylic acids is 1. The predicted octanol–water partition coefficient (Wildman–Crippen LogP) is 5.75. The predicted molar refractivity (Wildman–Crippen MR) is 142 cm³/mol. The van der Waals surface area contributed by atoms with Crippen molar-refractivity contribution in [2.75, 3.05) is 5.32 Å². The SMILES string of the molecule is Cc1cc(C(C)Nc2ccccc2C(=O)O)c2cc(-c3ccc(-c4cnn(C)c4)nc3)c(C#N)nc2c1. The van der Waals surface area contributed by atoms with Gasteiger partial charge in [0.25, 0.3) is 0 Å². The number of benzene rings is 2. The first-order valence-electron chi connectivity index (χ1n) is 11.7. The van der Waals surface area contributed by atoms with Crippen molar-refractivity contribution in [2.24, 2.45) is 7.05 Å². The average Bonchev–Trinajstić information content (AvgIpc) is 3.33. The van der Waals surface area contributed by atoms with Crippen molar-refractivity contribution >= 4 is 22.6 Å². The van der Waals surface area contributed by atoms with Crippen molar-refractivity contribution in [1.82, 2.24) is 19.7 Å². The number of aryl methyl sites for hydroxylation is 2. The van der Waals surface area contributed by atoms with E-state index in [0.29, 0.717) is 22.5 Å². The number of nitrogens with zero attached hydrogens (tertiary/aromatic N) is 5. The van der Waals surface area contributed by atoms with E-state index in [-0.39, 0.29) is 11.6 Å². The molecule has 0 saturated carbocycles. The fraction of sp³-hybridized carbons (Fsp3) is 0.138. The molecule has 182 valence electrons. The quantitative estimate of drug-likeness (QED) is 0.313. The zero-order chi connectivity index (χ0) is 26.1. The van der Waals surface area contributed by atoms with Crippen LogP contribution < -0.4 is 5.32 Å². The highest BCUT2D eigenvalue weighted by Crippen LogP contribution is 2.33. The number of pyridine rings is 2. The van der Waals surface area contributed by atoms with Crippen molar-refractivity contribution in [3.05, 3.63) is 95.6 Å². The van der Waals surface area contributed by atoms with Crippen LogP contribution in [0.5, 0.6) is 0 Å². The Balaban J connectivity index is 1.59. The standard InChI is InChI=1S/C29H24N6O2/c1-17-10-22(18(2)33-26-7-5-4-6-21(26)29(36)37)24-12-23(28(13-30)34-27(24)11-17)19-8-9-25(31-14-19)20-15-32-35(3)16-20/h4-12,14-16,18,33H,1-3H3,(H,36,37). The minimum atomic E-state index is -0.991. The molecule has 1 unspecified atom stereocenters. The topological polar surface area (TPSA) is 117 Å². The Labute approximate surface area is 213 Å². The van der Waals surface area contributed by atoms with E-state index in [1.807, 2.05) is 51.4 Å². The molecule has 0 saturated heterocycles. The van der Waals surface area contributed by atoms with E-state index in [2.05, 4.69) is 32.5 Å². The summed E-state index contributed by atoms with van der Waals surface area (Å²) in [5.74, 6) is -0.991. The summed E-state index contributed by atoms with van der Waals surface area (Å²) in [7, 11) is 1.85. The molecular formula is C29H24N6O2. The second-order valence-electron chi connectivity index (χ2n) is 8.97. The molecule has 0 radical (unpaired) electrons. The molecule has 5 rings (SSSR count). The lowest BCUT2D eigenvalue weighted by molar-refractivity contribution is 0.0698. The lowest BCUT2D eigenvalue weighted by atomic mass is 9.95. The summed E-state index contributed by atoms with van der Waals surface area (Å²) in [6.07, 6.45) is 5.39. The Morgan fingerprint density at radius 3 is 2.59 bits per heavy atom. The van der Waals surface area contributed by atoms with Crippen LogP contribution in [0.15, 0.2) is 73.2 Å². The first-order chi connectivity index (χ1) is 17.8. The lowest BCUT2D eigenvalue weighted by Gasteiger charge is -2.20. The zero-order valence-electron chi connectivity index (χ0n) is 20.6. The zero-order valence-corrected chi connectivity index (χ0v) is 20.6. The Bertz CT molecular complexity index is 1680. The third kappa shape index (κ3) is 4.62. The summed E-state index contributed by atoms with van der Waals surface area (Å²) in [5.41, 5.74) is 6.87. The third-order valence-electron chi connectivity index (χ3n) is 6.29. The van der Waals surface area contributed by atoms with Crippen molar-refractivity contribution in [3.8, 4) is 28.5 Å². The monoisotopic (exact) mass is 488 g/mol. The maximum absolute atomic E-state index is 11.7. The van der Waals surface area contributed by atoms with Gasteiger partial charge < -0.3 is 10.4 Å². The number of nitrogens with one attached hydrogen (secondary N) is 1. The van der Waals surface area contributed by atoms with Gasteiger partial charge in [-0.2, -0.15) is 10.4 Å². The minimum Gasteiger partial charge on any atom is -0.478 e. The maximum Gasteiger partial charge on any atom is 0.337 e. The van der Waals surface area contributed by atoms with Gasteiger partial charge in [0, 0.05) is 53.2 Å². The number of para-hydroxylation sites is 1. The minimum absolute atomic E-state index is 0.205. The summed E-state index contributed by atoms with van der Waals surface area (Å²) in [4.78, 5) is 21.0. The van der Waals surface area contributed by atoms with Crippen LogP contribution in [0.4, 0.5) is 5.69 Å². The number of carboxylic acids is 1. The number of aromatic nitrogens is 4. The van der Waals surface area contributed by atoms with Crippen LogP contribution in [0.2, 0.25) is 0 Å². The molecule has 0 aliphatic rings. The molecule has 8 nitrogen and oxygen atoms in total. The second-order valence-corrected chi connectivity index (χ2v) is 8.97. The Kier molecular flexibility index (Phi) is 6.12. The van der Waals surface area contributed by atoms with Crippen LogP contribution in [0.25, 0.3) is 33.3 Å². The molecule has 0 aliphatic heterocycles. The molecular weight excluding hydrogens is 464 g/mol. The number of rotatable bonds is 6. The summed E-state index contributed by atoms with van der Waals surface area (Å²) >= 11 is 0. The van der Waals surface area contributed by atoms with Crippen LogP contribution >= 0.6 is 0 Å². The summed E-state index contributed by atoms with van der Waals surface area (Å²) in [5, 5.41) is 27.9. The van der Waals surface area contributed by atoms with E-state index < -0.39 is 5.97 Å². The van der Waals surface area contributed by atoms with Crippen molar-refractivity contribution < 1.29 is 9.90 Å². The molecule has 2 N–H and O–H groups in total. The largest absolute Gasteiger partial charge is 0.478 e. The van der Waals surface area contributed by atoms with E-state index >= 15 is 0 Å². The van der Waals surface area contributed by atoms with E-state index in [1.54, 1.807) is 41.3 Å². The molecule has 8 heteroatoms. The van der Waals surface area contributed by atoms with Crippen LogP contribution in [-0.2, 0) is 7.05 Å². The van der Waals surface area contributed by atoms with Crippen molar-refractivity contribution in [3.63, 3.8) is 0 Å². The molecule has 0 amide bonds. The molecule has 3 aromatic heterocycles. The summed E-state index contributed by atoms with van der Waals surface area (Å²) in [6.45, 7) is 3.96. The molecule has 3 heterocycles. The molecule has 2 aromatic carbocycles. The fourth-order valence-corrected chi connectivity index (χ4v) is 4.50. The van der Waals surface area contributed by atoms with Gasteiger partial charge >= 0.3 is 5.97 Å². The van der Waals surface area contributed by atoms with Crippen LogP contribution in [0, 0.1) is 18.3 Å². The highest BCUT2D eigenvalue weighted by Gasteiger charge is 2.18. The second kappa shape index (κ2) is 9.55. The first kappa shape index (κ1) is 23.7. The first-order valence-corrected chi connectivity index (χ1v) is 11.7. The van der Waals surface area contributed by atoms with Crippen LogP contribution in [-0.4, -0.2) is 30.8 Å². The van der Waals surface area contributed by atoms with E-state index in [4.69, 9.17) is 0 Å². The molecule has 0 fully saturated rings. The Morgan fingerprint density at radius 2 is 1.92 bits per heavy atom. The normalized spacial score (nSPS) is 11.7. The number of hydrogen-bond acceptors (Lipinski definition) is 6. The van der Waals surface area contributed by atoms with Gasteiger partial charge in [0.1, 0.15) is 11.8 Å². The van der Waals surface area contributed by atoms with Crippen LogP contribution in [0.1, 0.15) is 40.1 Å². The molecule has 0 bridgehead atoms. The Hall–Kier alpha value is -5.03. The van der Waals surface area contributed by atoms with Gasteiger partial charge in [-0.1, -0.05) is 24.3 Å². The number of hydrogen-bond donors (Lipinski definition) is 2. The highest BCUT2D eigenvalue weighted by molar-refractivity contribution is 5.94. The van der Waals surface area contributed by atoms with Gasteiger partial charge in [0.15, 0.2) is 0 Å². The van der Waals surface area contributed by atoms with Gasteiger partial charge in [-0.3, -0.25) is 9.67 Å². The summed E-state index contributed by atoms with van der Waals surface area (Å²) in [6, 6.07) is 18.7. The molecule has 0 spiro atoms. The number of nitriles is 1. The lowest BCUT2D eigenvalue weighted by Crippen LogP contribution is -2.11. The van der Waals surface area contributed by atoms with Crippen molar-refractivity contribution in [2.45, 2.75) is 19.9 Å². The molecule has 1 atom stereocenters. The number of fused-ring (bicyclic) bond motifs is 1. The smallest absolute Gasteiger partial charge is 0.337 e. The van der Waals surface area contributed by atoms with Crippen LogP contribution in [0.3, 0.4) is 0 Å². The van der Waals surface area contributed by atoms with Gasteiger partial charge in [0.2, 0.25) is 0 Å². The van der Waals surface area contributed by atoms with E-state index in [0.717, 1.165) is 33.3 Å². The summed E-state index contributed by atoms with van der Waals surface area (Å²) < 4.78 is 1.72.